The van der Waals surface area contributed by atoms with Gasteiger partial charge < -0.3 is 20.7 Å². The van der Waals surface area contributed by atoms with Gasteiger partial charge in [0.2, 0.25) is 0 Å². The molecule has 1 unspecified atom stereocenters. The van der Waals surface area contributed by atoms with Crippen LogP contribution in [-0.4, -0.2) is 47.2 Å². The number of ether oxygens (including phenoxy) is 1. The van der Waals surface area contributed by atoms with Gasteiger partial charge in [0.25, 0.3) is 0 Å². The van der Waals surface area contributed by atoms with Crippen molar-refractivity contribution in [3.8, 4) is 5.75 Å². The van der Waals surface area contributed by atoms with Crippen molar-refractivity contribution in [2.75, 3.05) is 17.7 Å². The molecule has 2 amide bonds. The number of amides is 2. The van der Waals surface area contributed by atoms with Gasteiger partial charge in [0.1, 0.15) is 11.6 Å². The zero-order valence-electron chi connectivity index (χ0n) is 22.0. The number of aryl methyl sites for hydroxylation is 1. The van der Waals surface area contributed by atoms with Gasteiger partial charge >= 0.3 is 6.03 Å². The Morgan fingerprint density at radius 1 is 1.05 bits per heavy atom. The molecule has 0 radical (unpaired) electrons. The van der Waals surface area contributed by atoms with Crippen molar-refractivity contribution >= 4 is 28.4 Å². The number of hydrogen-bond acceptors (Lipinski definition) is 5. The Hall–Kier alpha value is -3.32. The molecule has 37 heavy (non-hydrogen) atoms. The van der Waals surface area contributed by atoms with Gasteiger partial charge in [-0.2, -0.15) is 0 Å². The first-order valence-corrected chi connectivity index (χ1v) is 13.7. The zero-order valence-corrected chi connectivity index (χ0v) is 22.0. The summed E-state index contributed by atoms with van der Waals surface area (Å²) in [6.45, 7) is 4.56. The number of fused-ring (bicyclic) bond motifs is 4. The first-order valence-electron chi connectivity index (χ1n) is 13.7. The van der Waals surface area contributed by atoms with E-state index in [1.54, 1.807) is 7.11 Å². The van der Waals surface area contributed by atoms with Crippen LogP contribution in [0.3, 0.4) is 0 Å². The molecule has 1 aromatic heterocycles. The second kappa shape index (κ2) is 9.86. The van der Waals surface area contributed by atoms with E-state index >= 15 is 0 Å². The first-order chi connectivity index (χ1) is 18.0. The molecule has 2 aromatic carbocycles. The van der Waals surface area contributed by atoms with E-state index in [-0.39, 0.29) is 18.1 Å². The predicted molar refractivity (Wildman–Crippen MR) is 148 cm³/mol. The van der Waals surface area contributed by atoms with Crippen LogP contribution in [0.5, 0.6) is 5.75 Å². The highest BCUT2D eigenvalue weighted by Crippen LogP contribution is 2.40. The lowest BCUT2D eigenvalue weighted by Gasteiger charge is -2.41. The second-order valence-corrected chi connectivity index (χ2v) is 11.1. The quantitative estimate of drug-likeness (QED) is 0.395. The van der Waals surface area contributed by atoms with Crippen LogP contribution in [-0.2, 0) is 6.42 Å². The molecule has 3 aliphatic rings. The number of benzene rings is 2. The smallest absolute Gasteiger partial charge is 0.319 e. The summed E-state index contributed by atoms with van der Waals surface area (Å²) in [4.78, 5) is 20.3. The maximum Gasteiger partial charge on any atom is 0.319 e. The monoisotopic (exact) mass is 499 g/mol. The number of carbonyl (C=O) groups is 1. The number of rotatable bonds is 6. The maximum absolute atomic E-state index is 12.8. The van der Waals surface area contributed by atoms with Gasteiger partial charge in [-0.25, -0.2) is 9.78 Å². The van der Waals surface area contributed by atoms with E-state index in [9.17, 15) is 4.79 Å². The fourth-order valence-electron chi connectivity index (χ4n) is 6.96. The summed E-state index contributed by atoms with van der Waals surface area (Å²) in [5.41, 5.74) is 4.25. The van der Waals surface area contributed by atoms with Gasteiger partial charge in [0.05, 0.1) is 18.7 Å². The molecule has 6 rings (SSSR count). The van der Waals surface area contributed by atoms with Crippen LogP contribution < -0.4 is 20.7 Å². The Balaban J connectivity index is 1.09. The maximum atomic E-state index is 12.8. The van der Waals surface area contributed by atoms with Crippen LogP contribution in [0.1, 0.15) is 63.1 Å². The van der Waals surface area contributed by atoms with Gasteiger partial charge in [0.15, 0.2) is 0 Å². The summed E-state index contributed by atoms with van der Waals surface area (Å²) in [5, 5.41) is 10.9. The summed E-state index contributed by atoms with van der Waals surface area (Å²) < 4.78 is 5.61. The van der Waals surface area contributed by atoms with Crippen molar-refractivity contribution in [1.82, 2.24) is 15.2 Å². The van der Waals surface area contributed by atoms with Crippen molar-refractivity contribution in [1.29, 1.82) is 0 Å². The highest BCUT2D eigenvalue weighted by atomic mass is 16.5. The summed E-state index contributed by atoms with van der Waals surface area (Å²) >= 11 is 0. The average Bonchev–Trinajstić information content (AvgIpc) is 3.42. The summed E-state index contributed by atoms with van der Waals surface area (Å²) in [5.74, 6) is 1.78. The average molecular weight is 500 g/mol. The minimum absolute atomic E-state index is 0.123. The number of carbonyl (C=O) groups excluding carboxylic acids is 1. The van der Waals surface area contributed by atoms with Crippen LogP contribution in [0.4, 0.5) is 16.3 Å². The lowest BCUT2D eigenvalue weighted by atomic mass is 9.96. The van der Waals surface area contributed by atoms with E-state index in [0.29, 0.717) is 18.1 Å². The van der Waals surface area contributed by atoms with Crippen LogP contribution >= 0.6 is 0 Å². The number of nitrogens with zero attached hydrogens (tertiary/aromatic N) is 2. The topological polar surface area (TPSA) is 78.5 Å². The van der Waals surface area contributed by atoms with E-state index < -0.39 is 0 Å². The third-order valence-corrected chi connectivity index (χ3v) is 8.42. The molecule has 3 aromatic rings. The number of pyridine rings is 1. The molecule has 7 heteroatoms. The third kappa shape index (κ3) is 4.73. The number of nitrogens with one attached hydrogen (secondary N) is 3. The van der Waals surface area contributed by atoms with Gasteiger partial charge in [-0.05, 0) is 94.3 Å². The van der Waals surface area contributed by atoms with E-state index in [1.807, 2.05) is 30.3 Å². The second-order valence-electron chi connectivity index (χ2n) is 11.1. The number of aromatic nitrogens is 1. The first kappa shape index (κ1) is 24.0. The normalized spacial score (nSPS) is 24.8. The molecule has 3 N–H and O–H groups in total. The fraction of sp³-hybridized carbons (Fsp3) is 0.467. The zero-order chi connectivity index (χ0) is 25.5. The van der Waals surface area contributed by atoms with Crippen molar-refractivity contribution < 1.29 is 9.53 Å². The molecule has 2 fully saturated rings. The number of urea groups is 1. The van der Waals surface area contributed by atoms with Crippen molar-refractivity contribution in [3.05, 3.63) is 59.7 Å². The highest BCUT2D eigenvalue weighted by molar-refractivity contribution is 5.93. The molecular weight excluding hydrogens is 462 g/mol. The van der Waals surface area contributed by atoms with Gasteiger partial charge in [-0.15, -0.1) is 0 Å². The Bertz CT molecular complexity index is 1290. The van der Waals surface area contributed by atoms with E-state index in [1.165, 1.54) is 24.0 Å². The van der Waals surface area contributed by atoms with Crippen LogP contribution in [0, 0.1) is 0 Å². The number of anilines is 2. The number of hydrogen-bond donors (Lipinski definition) is 3. The lowest BCUT2D eigenvalue weighted by Crippen LogP contribution is -2.53. The minimum atomic E-state index is -0.123. The van der Waals surface area contributed by atoms with Crippen LogP contribution in [0.25, 0.3) is 10.9 Å². The third-order valence-electron chi connectivity index (χ3n) is 8.42. The predicted octanol–water partition coefficient (Wildman–Crippen LogP) is 5.87. The largest absolute Gasteiger partial charge is 0.496 e. The van der Waals surface area contributed by atoms with E-state index in [2.05, 4.69) is 52.9 Å². The summed E-state index contributed by atoms with van der Waals surface area (Å²) in [6.07, 6.45) is 6.63. The molecule has 7 nitrogen and oxygen atoms in total. The number of methoxy groups -OCH3 is 1. The van der Waals surface area contributed by atoms with Crippen molar-refractivity contribution in [2.24, 2.45) is 0 Å². The molecule has 1 aliphatic carbocycles. The van der Waals surface area contributed by atoms with Gasteiger partial charge in [0, 0.05) is 40.8 Å². The SMILES string of the molecule is COc1cccc2c1C(Nc1ccc3cc(NC(=O)N[C@@H]4C[C@H]5CC[C@@H](C4)N5C(C)C)ccc3n1)CC2. The molecule has 3 heterocycles. The molecule has 2 saturated heterocycles. The lowest BCUT2D eigenvalue weighted by molar-refractivity contribution is 0.0876. The Kier molecular flexibility index (Phi) is 6.41. The van der Waals surface area contributed by atoms with Crippen LogP contribution in [0.15, 0.2) is 48.5 Å². The van der Waals surface area contributed by atoms with Crippen LogP contribution in [0.2, 0.25) is 0 Å². The summed E-state index contributed by atoms with van der Waals surface area (Å²) in [7, 11) is 1.73. The minimum Gasteiger partial charge on any atom is -0.496 e. The Morgan fingerprint density at radius 3 is 2.62 bits per heavy atom. The Labute approximate surface area is 219 Å². The molecule has 0 spiro atoms. The molecule has 194 valence electrons. The highest BCUT2D eigenvalue weighted by Gasteiger charge is 2.42. The molecule has 0 saturated carbocycles. The van der Waals surface area contributed by atoms with Crippen molar-refractivity contribution in [2.45, 2.75) is 82.6 Å². The van der Waals surface area contributed by atoms with Gasteiger partial charge in [-0.1, -0.05) is 12.1 Å². The van der Waals surface area contributed by atoms with E-state index in [4.69, 9.17) is 9.72 Å². The molecule has 2 aliphatic heterocycles. The molecule has 2 bridgehead atoms. The summed E-state index contributed by atoms with van der Waals surface area (Å²) in [6, 6.07) is 18.3. The van der Waals surface area contributed by atoms with E-state index in [0.717, 1.165) is 53.8 Å². The molecular formula is C30H37N5O2. The number of piperidine rings is 1. The standard InChI is InChI=1S/C30H37N5O2/c1-18(2)35-23-10-11-24(35)17-22(16-23)32-30(36)31-21-9-13-25-20(15-21)8-14-28(33-25)34-26-12-7-19-5-4-6-27(37-3)29(19)26/h4-6,8-9,13-15,18,22-24,26H,7,10-12,16-17H2,1-3H3,(H,33,34)(H2,31,32,36)/t22-,23-,24+,26?. The fourth-order valence-corrected chi connectivity index (χ4v) is 6.96. The molecule has 4 atom stereocenters. The Morgan fingerprint density at radius 2 is 1.86 bits per heavy atom. The van der Waals surface area contributed by atoms with Crippen molar-refractivity contribution in [3.63, 3.8) is 0 Å². The van der Waals surface area contributed by atoms with Gasteiger partial charge in [-0.3, -0.25) is 4.90 Å².